The van der Waals surface area contributed by atoms with Crippen LogP contribution in [0.25, 0.3) is 16.8 Å². The second-order valence-corrected chi connectivity index (χ2v) is 9.42. The first-order valence-corrected chi connectivity index (χ1v) is 12.3. The van der Waals surface area contributed by atoms with Gasteiger partial charge in [0, 0.05) is 0 Å². The van der Waals surface area contributed by atoms with Crippen molar-refractivity contribution in [2.45, 2.75) is 13.5 Å². The maximum absolute atomic E-state index is 13.1. The summed E-state index contributed by atoms with van der Waals surface area (Å²) in [4.78, 5) is 27.5. The molecule has 0 unspecified atom stereocenters. The molecule has 0 N–H and O–H groups in total. The molecule has 1 aliphatic heterocycles. The van der Waals surface area contributed by atoms with Gasteiger partial charge >= 0.3 is 0 Å². The van der Waals surface area contributed by atoms with E-state index in [9.17, 15) is 9.59 Å². The molecule has 2 amide bonds. The lowest BCUT2D eigenvalue weighted by molar-refractivity contribution is -0.123. The summed E-state index contributed by atoms with van der Waals surface area (Å²) in [6, 6.07) is 17.6. The summed E-state index contributed by atoms with van der Waals surface area (Å²) < 4.78 is 12.3. The fraction of sp³-hybridized carbons (Fsp3) is 0.154. The molecule has 33 heavy (non-hydrogen) atoms. The topological polar surface area (TPSA) is 55.8 Å². The summed E-state index contributed by atoms with van der Waals surface area (Å²) in [5, 5.41) is 1.84. The fourth-order valence-electron chi connectivity index (χ4n) is 3.60. The van der Waals surface area contributed by atoms with Crippen LogP contribution >= 0.6 is 34.4 Å². The van der Waals surface area contributed by atoms with Crippen LogP contribution in [0.4, 0.5) is 4.79 Å². The molecule has 1 fully saturated rings. The lowest BCUT2D eigenvalue weighted by Gasteiger charge is -2.15. The minimum atomic E-state index is -0.294. The van der Waals surface area contributed by atoms with Crippen molar-refractivity contribution in [3.8, 4) is 11.5 Å². The molecule has 0 atom stereocenters. The molecule has 168 valence electrons. The van der Waals surface area contributed by atoms with Gasteiger partial charge in [0.1, 0.15) is 6.61 Å². The SMILES string of the molecule is C=CCOc1c(I)cc(/C=C2/SC(=O)N(Cc3cccc4ccccc34)C2=O)cc1OCC. The van der Waals surface area contributed by atoms with Gasteiger partial charge in [0.25, 0.3) is 11.1 Å². The molecular weight excluding hydrogens is 549 g/mol. The number of halogens is 1. The normalized spacial score (nSPS) is 14.8. The molecule has 3 aromatic carbocycles. The highest BCUT2D eigenvalue weighted by Gasteiger charge is 2.35. The standard InChI is InChI=1S/C26H22INO4S/c1-3-12-32-24-21(27)13-17(14-22(24)31-4-2)15-23-25(29)28(26(30)33-23)16-19-10-7-9-18-8-5-6-11-20(18)19/h3,5-11,13-15H,1,4,12,16H2,2H3/b23-15+. The van der Waals surface area contributed by atoms with Gasteiger partial charge in [-0.1, -0.05) is 55.1 Å². The van der Waals surface area contributed by atoms with E-state index in [0.717, 1.165) is 37.2 Å². The van der Waals surface area contributed by atoms with Crippen LogP contribution in [0.3, 0.4) is 0 Å². The summed E-state index contributed by atoms with van der Waals surface area (Å²) in [5.41, 5.74) is 1.71. The highest BCUT2D eigenvalue weighted by molar-refractivity contribution is 14.1. The minimum absolute atomic E-state index is 0.236. The minimum Gasteiger partial charge on any atom is -0.490 e. The first-order chi connectivity index (χ1) is 16.0. The molecule has 3 aromatic rings. The van der Waals surface area contributed by atoms with E-state index in [0.29, 0.717) is 29.6 Å². The Morgan fingerprint density at radius 2 is 1.88 bits per heavy atom. The van der Waals surface area contributed by atoms with Crippen molar-refractivity contribution >= 4 is 62.3 Å². The van der Waals surface area contributed by atoms with Gasteiger partial charge in [0.05, 0.1) is 21.6 Å². The highest BCUT2D eigenvalue weighted by atomic mass is 127. The largest absolute Gasteiger partial charge is 0.490 e. The van der Waals surface area contributed by atoms with Crippen LogP contribution < -0.4 is 9.47 Å². The van der Waals surface area contributed by atoms with Crippen molar-refractivity contribution in [2.75, 3.05) is 13.2 Å². The summed E-state index contributed by atoms with van der Waals surface area (Å²) in [5.74, 6) is 0.934. The zero-order valence-electron chi connectivity index (χ0n) is 18.0. The Morgan fingerprint density at radius 3 is 2.67 bits per heavy atom. The third kappa shape index (κ3) is 5.09. The molecule has 5 nitrogen and oxygen atoms in total. The van der Waals surface area contributed by atoms with E-state index < -0.39 is 0 Å². The van der Waals surface area contributed by atoms with Crippen molar-refractivity contribution in [3.05, 3.63) is 86.9 Å². The van der Waals surface area contributed by atoms with Gasteiger partial charge in [-0.05, 0) is 81.4 Å². The summed E-state index contributed by atoms with van der Waals surface area (Å²) >= 11 is 3.13. The molecule has 0 spiro atoms. The van der Waals surface area contributed by atoms with Gasteiger partial charge in [0.2, 0.25) is 0 Å². The van der Waals surface area contributed by atoms with Crippen molar-refractivity contribution in [2.24, 2.45) is 0 Å². The fourth-order valence-corrected chi connectivity index (χ4v) is 5.22. The van der Waals surface area contributed by atoms with Gasteiger partial charge in [-0.25, -0.2) is 0 Å². The van der Waals surface area contributed by atoms with E-state index in [1.165, 1.54) is 4.90 Å². The smallest absolute Gasteiger partial charge is 0.293 e. The second-order valence-electron chi connectivity index (χ2n) is 7.27. The molecule has 1 saturated heterocycles. The monoisotopic (exact) mass is 571 g/mol. The molecule has 0 bridgehead atoms. The van der Waals surface area contributed by atoms with Crippen LogP contribution in [0.5, 0.6) is 11.5 Å². The summed E-state index contributed by atoms with van der Waals surface area (Å²) in [6.45, 7) is 6.66. The van der Waals surface area contributed by atoms with Crippen LogP contribution in [0.2, 0.25) is 0 Å². The number of imide groups is 1. The number of hydrogen-bond acceptors (Lipinski definition) is 5. The third-order valence-corrected chi connectivity index (χ3v) is 6.77. The van der Waals surface area contributed by atoms with Crippen LogP contribution in [0.15, 0.2) is 72.2 Å². The molecule has 0 aromatic heterocycles. The Kier molecular flexibility index (Phi) is 7.39. The first kappa shape index (κ1) is 23.4. The average molecular weight is 571 g/mol. The number of amides is 2. The second kappa shape index (κ2) is 10.4. The number of thioether (sulfide) groups is 1. The average Bonchev–Trinajstić information content (AvgIpc) is 3.06. The number of nitrogens with zero attached hydrogens (tertiary/aromatic N) is 1. The number of ether oxygens (including phenoxy) is 2. The van der Waals surface area contributed by atoms with Gasteiger partial charge in [-0.3, -0.25) is 14.5 Å². The predicted octanol–water partition coefficient (Wildman–Crippen LogP) is 6.64. The number of carbonyl (C=O) groups excluding carboxylic acids is 2. The van der Waals surface area contributed by atoms with Gasteiger partial charge in [-0.2, -0.15) is 0 Å². The van der Waals surface area contributed by atoms with Gasteiger partial charge < -0.3 is 9.47 Å². The Morgan fingerprint density at radius 1 is 1.09 bits per heavy atom. The molecule has 1 aliphatic rings. The van der Waals surface area contributed by atoms with Gasteiger partial charge in [-0.15, -0.1) is 0 Å². The van der Waals surface area contributed by atoms with E-state index in [2.05, 4.69) is 29.2 Å². The molecular formula is C26H22INO4S. The Balaban J connectivity index is 1.62. The zero-order chi connectivity index (χ0) is 23.4. The zero-order valence-corrected chi connectivity index (χ0v) is 21.0. The van der Waals surface area contributed by atoms with Crippen molar-refractivity contribution < 1.29 is 19.1 Å². The van der Waals surface area contributed by atoms with Crippen molar-refractivity contribution in [1.29, 1.82) is 0 Å². The molecule has 0 saturated carbocycles. The molecule has 0 radical (unpaired) electrons. The van der Waals surface area contributed by atoms with E-state index >= 15 is 0 Å². The summed E-state index contributed by atoms with van der Waals surface area (Å²) in [6.07, 6.45) is 3.40. The predicted molar refractivity (Wildman–Crippen MR) is 141 cm³/mol. The van der Waals surface area contributed by atoms with Gasteiger partial charge in [0.15, 0.2) is 11.5 Å². The third-order valence-electron chi connectivity index (χ3n) is 5.06. The maximum Gasteiger partial charge on any atom is 0.293 e. The van der Waals surface area contributed by atoms with Crippen LogP contribution in [-0.4, -0.2) is 29.3 Å². The van der Waals surface area contributed by atoms with E-state index in [1.54, 1.807) is 12.2 Å². The Hall–Kier alpha value is -2.78. The van der Waals surface area contributed by atoms with E-state index in [1.807, 2.05) is 61.5 Å². The first-order valence-electron chi connectivity index (χ1n) is 10.4. The maximum atomic E-state index is 13.1. The lowest BCUT2D eigenvalue weighted by Crippen LogP contribution is -2.27. The number of benzene rings is 3. The van der Waals surface area contributed by atoms with Crippen molar-refractivity contribution in [3.63, 3.8) is 0 Å². The number of rotatable bonds is 8. The summed E-state index contributed by atoms with van der Waals surface area (Å²) in [7, 11) is 0. The molecule has 4 rings (SSSR count). The number of carbonyl (C=O) groups is 2. The van der Waals surface area contributed by atoms with Crippen LogP contribution in [0, 0.1) is 3.57 Å². The van der Waals surface area contributed by atoms with Crippen LogP contribution in [0.1, 0.15) is 18.1 Å². The molecule has 0 aliphatic carbocycles. The Bertz CT molecular complexity index is 1270. The highest BCUT2D eigenvalue weighted by Crippen LogP contribution is 2.38. The number of hydrogen-bond donors (Lipinski definition) is 0. The molecule has 7 heteroatoms. The van der Waals surface area contributed by atoms with Crippen LogP contribution in [-0.2, 0) is 11.3 Å². The number of fused-ring (bicyclic) bond motifs is 1. The van der Waals surface area contributed by atoms with E-state index in [4.69, 9.17) is 9.47 Å². The van der Waals surface area contributed by atoms with Crippen molar-refractivity contribution in [1.82, 2.24) is 4.90 Å². The van der Waals surface area contributed by atoms with E-state index in [-0.39, 0.29) is 17.7 Å². The lowest BCUT2D eigenvalue weighted by atomic mass is 10.0. The Labute approximate surface area is 210 Å². The molecule has 1 heterocycles. The quantitative estimate of drug-likeness (QED) is 0.172.